The molecule has 4 heterocycles. The lowest BCUT2D eigenvalue weighted by atomic mass is 9.87. The molecule has 3 aliphatic rings. The zero-order chi connectivity index (χ0) is 17.2. The Hall–Kier alpha value is -2.96. The van der Waals surface area contributed by atoms with Gasteiger partial charge in [-0.1, -0.05) is 6.07 Å². The third-order valence-corrected chi connectivity index (χ3v) is 5.35. The SMILES string of the molecule is NC1=N[C@@]2(CCN3C(=O)c4ccncc4[C@@H]3C2)Nc2cccc(F)c21. The van der Waals surface area contributed by atoms with Crippen molar-refractivity contribution in [1.82, 2.24) is 9.88 Å². The van der Waals surface area contributed by atoms with Crippen LogP contribution < -0.4 is 11.1 Å². The Kier molecular flexibility index (Phi) is 2.75. The molecule has 2 aromatic rings. The molecule has 1 spiro atoms. The van der Waals surface area contributed by atoms with E-state index in [1.807, 2.05) is 11.0 Å². The molecule has 1 amide bonds. The van der Waals surface area contributed by atoms with Crippen LogP contribution in [0, 0.1) is 5.82 Å². The Morgan fingerprint density at radius 3 is 3.12 bits per heavy atom. The summed E-state index contributed by atoms with van der Waals surface area (Å²) in [5.41, 5.74) is 8.05. The maximum Gasteiger partial charge on any atom is 0.254 e. The summed E-state index contributed by atoms with van der Waals surface area (Å²) in [5, 5.41) is 3.38. The summed E-state index contributed by atoms with van der Waals surface area (Å²) in [6.45, 7) is 0.562. The van der Waals surface area contributed by atoms with Crippen molar-refractivity contribution in [2.75, 3.05) is 11.9 Å². The molecule has 25 heavy (non-hydrogen) atoms. The number of hydrogen-bond donors (Lipinski definition) is 2. The van der Waals surface area contributed by atoms with E-state index >= 15 is 0 Å². The van der Waals surface area contributed by atoms with Crippen molar-refractivity contribution in [3.8, 4) is 0 Å². The Bertz CT molecular complexity index is 943. The van der Waals surface area contributed by atoms with Gasteiger partial charge in [0, 0.05) is 48.6 Å². The second kappa shape index (κ2) is 4.78. The maximum absolute atomic E-state index is 14.1. The van der Waals surface area contributed by atoms with E-state index in [2.05, 4.69) is 15.3 Å². The molecule has 0 bridgehead atoms. The van der Waals surface area contributed by atoms with Crippen LogP contribution in [0.25, 0.3) is 0 Å². The molecule has 1 fully saturated rings. The fraction of sp³-hybridized carbons (Fsp3) is 0.278. The van der Waals surface area contributed by atoms with Gasteiger partial charge in [-0.2, -0.15) is 0 Å². The maximum atomic E-state index is 14.1. The fourth-order valence-corrected chi connectivity index (χ4v) is 4.20. The molecule has 0 aliphatic carbocycles. The first-order valence-corrected chi connectivity index (χ1v) is 8.25. The first-order chi connectivity index (χ1) is 12.1. The number of aliphatic imine (C=N–C) groups is 1. The van der Waals surface area contributed by atoms with Gasteiger partial charge < -0.3 is 16.0 Å². The number of amidine groups is 1. The summed E-state index contributed by atoms with van der Waals surface area (Å²) in [6, 6.07) is 6.51. The number of amides is 1. The number of anilines is 1. The molecule has 126 valence electrons. The largest absolute Gasteiger partial charge is 0.383 e. The molecule has 0 unspecified atom stereocenters. The number of fused-ring (bicyclic) bond motifs is 4. The Morgan fingerprint density at radius 2 is 2.24 bits per heavy atom. The van der Waals surface area contributed by atoms with Crippen molar-refractivity contribution in [1.29, 1.82) is 0 Å². The molecular weight excluding hydrogens is 321 g/mol. The third-order valence-electron chi connectivity index (χ3n) is 5.35. The van der Waals surface area contributed by atoms with E-state index in [-0.39, 0.29) is 23.6 Å². The highest BCUT2D eigenvalue weighted by molar-refractivity contribution is 6.04. The molecule has 6 nitrogen and oxygen atoms in total. The van der Waals surface area contributed by atoms with Crippen LogP contribution in [0.5, 0.6) is 0 Å². The average molecular weight is 337 g/mol. The number of carbonyl (C=O) groups excluding carboxylic acids is 1. The van der Waals surface area contributed by atoms with Crippen molar-refractivity contribution in [3.63, 3.8) is 0 Å². The number of nitrogens with two attached hydrogens (primary N) is 1. The van der Waals surface area contributed by atoms with E-state index in [0.717, 1.165) is 5.56 Å². The first-order valence-electron chi connectivity index (χ1n) is 8.25. The molecule has 1 saturated heterocycles. The number of nitrogens with zero attached hydrogens (tertiary/aromatic N) is 3. The van der Waals surface area contributed by atoms with E-state index in [9.17, 15) is 9.18 Å². The minimum absolute atomic E-state index is 0.0384. The first kappa shape index (κ1) is 14.4. The van der Waals surface area contributed by atoms with Gasteiger partial charge in [-0.15, -0.1) is 0 Å². The minimum atomic E-state index is -0.635. The lowest BCUT2D eigenvalue weighted by Gasteiger charge is -2.44. The Balaban J connectivity index is 1.56. The van der Waals surface area contributed by atoms with E-state index in [0.29, 0.717) is 36.2 Å². The third kappa shape index (κ3) is 1.92. The molecule has 1 aromatic carbocycles. The summed E-state index contributed by atoms with van der Waals surface area (Å²) >= 11 is 0. The number of benzene rings is 1. The van der Waals surface area contributed by atoms with E-state index < -0.39 is 5.66 Å². The predicted octanol–water partition coefficient (Wildman–Crippen LogP) is 2.04. The minimum Gasteiger partial charge on any atom is -0.383 e. The monoisotopic (exact) mass is 337 g/mol. The number of halogens is 1. The number of carbonyl (C=O) groups is 1. The fourth-order valence-electron chi connectivity index (χ4n) is 4.20. The number of aromatic nitrogens is 1. The molecule has 0 radical (unpaired) electrons. The predicted molar refractivity (Wildman–Crippen MR) is 90.7 cm³/mol. The van der Waals surface area contributed by atoms with Gasteiger partial charge in [-0.3, -0.25) is 9.78 Å². The van der Waals surface area contributed by atoms with Crippen LogP contribution >= 0.6 is 0 Å². The topological polar surface area (TPSA) is 83.6 Å². The summed E-state index contributed by atoms with van der Waals surface area (Å²) in [6.07, 6.45) is 4.58. The average Bonchev–Trinajstić information content (AvgIpc) is 2.87. The van der Waals surface area contributed by atoms with Gasteiger partial charge in [0.1, 0.15) is 17.3 Å². The van der Waals surface area contributed by atoms with Crippen LogP contribution in [0.2, 0.25) is 0 Å². The van der Waals surface area contributed by atoms with Crippen molar-refractivity contribution in [2.45, 2.75) is 24.5 Å². The van der Waals surface area contributed by atoms with Gasteiger partial charge in [0.15, 0.2) is 0 Å². The standard InChI is InChI=1S/C18H16FN5O/c19-12-2-1-3-13-15(12)16(20)23-18(22-13)5-7-24-14(8-18)11-9-21-6-4-10(11)17(24)25/h1-4,6,9,14,22H,5,7-8H2,(H2,20,23)/t14-,18+/m0/s1. The number of rotatable bonds is 0. The van der Waals surface area contributed by atoms with Crippen LogP contribution in [-0.2, 0) is 0 Å². The molecule has 3 N–H and O–H groups in total. The van der Waals surface area contributed by atoms with Crippen molar-refractivity contribution >= 4 is 17.4 Å². The molecule has 0 saturated carbocycles. The smallest absolute Gasteiger partial charge is 0.254 e. The normalized spacial score (nSPS) is 26.6. The molecule has 7 heteroatoms. The van der Waals surface area contributed by atoms with Crippen LogP contribution in [-0.4, -0.2) is 33.8 Å². The summed E-state index contributed by atoms with van der Waals surface area (Å²) < 4.78 is 14.1. The highest BCUT2D eigenvalue weighted by Gasteiger charge is 2.48. The molecule has 1 aromatic heterocycles. The number of pyridine rings is 1. The lowest BCUT2D eigenvalue weighted by Crippen LogP contribution is -2.51. The highest BCUT2D eigenvalue weighted by Crippen LogP contribution is 2.46. The van der Waals surface area contributed by atoms with Crippen molar-refractivity contribution < 1.29 is 9.18 Å². The van der Waals surface area contributed by atoms with Crippen LogP contribution in [0.15, 0.2) is 41.7 Å². The molecule has 3 aliphatic heterocycles. The van der Waals surface area contributed by atoms with Crippen LogP contribution in [0.3, 0.4) is 0 Å². The number of nitrogens with one attached hydrogen (secondary N) is 1. The van der Waals surface area contributed by atoms with Gasteiger partial charge in [0.2, 0.25) is 0 Å². The summed E-state index contributed by atoms with van der Waals surface area (Å²) in [7, 11) is 0. The van der Waals surface area contributed by atoms with Crippen LogP contribution in [0.1, 0.15) is 40.4 Å². The zero-order valence-electron chi connectivity index (χ0n) is 13.4. The van der Waals surface area contributed by atoms with Crippen molar-refractivity contribution in [2.24, 2.45) is 10.7 Å². The van der Waals surface area contributed by atoms with E-state index in [1.165, 1.54) is 6.07 Å². The van der Waals surface area contributed by atoms with E-state index in [4.69, 9.17) is 5.73 Å². The zero-order valence-corrected chi connectivity index (χ0v) is 13.4. The van der Waals surface area contributed by atoms with Gasteiger partial charge in [-0.25, -0.2) is 9.38 Å². The van der Waals surface area contributed by atoms with Crippen molar-refractivity contribution in [3.05, 3.63) is 59.2 Å². The summed E-state index contributed by atoms with van der Waals surface area (Å²) in [4.78, 5) is 23.2. The van der Waals surface area contributed by atoms with Gasteiger partial charge in [-0.05, 0) is 18.2 Å². The number of hydrogen-bond acceptors (Lipinski definition) is 5. The molecule has 2 atom stereocenters. The Labute approximate surface area is 143 Å². The molecular formula is C18H16FN5O. The number of piperidine rings is 1. The van der Waals surface area contributed by atoms with Gasteiger partial charge in [0.25, 0.3) is 5.91 Å². The van der Waals surface area contributed by atoms with Crippen LogP contribution in [0.4, 0.5) is 10.1 Å². The highest BCUT2D eigenvalue weighted by atomic mass is 19.1. The Morgan fingerprint density at radius 1 is 1.36 bits per heavy atom. The van der Waals surface area contributed by atoms with E-state index in [1.54, 1.807) is 24.5 Å². The van der Waals surface area contributed by atoms with Gasteiger partial charge in [0.05, 0.1) is 11.6 Å². The lowest BCUT2D eigenvalue weighted by molar-refractivity contribution is 0.0605. The second-order valence-corrected chi connectivity index (χ2v) is 6.75. The quantitative estimate of drug-likeness (QED) is 0.770. The summed E-state index contributed by atoms with van der Waals surface area (Å²) in [5.74, 6) is -0.142. The van der Waals surface area contributed by atoms with Gasteiger partial charge >= 0.3 is 0 Å². The second-order valence-electron chi connectivity index (χ2n) is 6.75. The molecule has 5 rings (SSSR count).